The molecule has 0 aliphatic rings. The molecular formula is C21H21Cl3N2O2. The minimum absolute atomic E-state index is 0.0331. The molecular weight excluding hydrogens is 419 g/mol. The Morgan fingerprint density at radius 2 is 1.75 bits per heavy atom. The molecule has 3 aromatic rings. The topological polar surface area (TPSA) is 56.6 Å². The molecule has 0 saturated carbocycles. The number of benzene rings is 2. The smallest absolute Gasteiger partial charge is 0.0924 e. The van der Waals surface area contributed by atoms with Crippen LogP contribution in [0.5, 0.6) is 0 Å². The van der Waals surface area contributed by atoms with Crippen LogP contribution in [0.1, 0.15) is 18.6 Å². The van der Waals surface area contributed by atoms with E-state index < -0.39 is 6.10 Å². The van der Waals surface area contributed by atoms with Crippen molar-refractivity contribution in [2.24, 2.45) is 0 Å². The maximum atomic E-state index is 11.0. The normalized spacial score (nSPS) is 12.7. The Morgan fingerprint density at radius 3 is 2.39 bits per heavy atom. The highest BCUT2D eigenvalue weighted by Crippen LogP contribution is 2.35. The summed E-state index contributed by atoms with van der Waals surface area (Å²) in [7, 11) is 0. The van der Waals surface area contributed by atoms with E-state index in [1.807, 2.05) is 30.0 Å². The highest BCUT2D eigenvalue weighted by atomic mass is 35.5. The van der Waals surface area contributed by atoms with Gasteiger partial charge in [0.1, 0.15) is 0 Å². The Balaban J connectivity index is 2.14. The van der Waals surface area contributed by atoms with Crippen molar-refractivity contribution in [3.63, 3.8) is 0 Å². The number of aliphatic hydroxyl groups is 2. The predicted octanol–water partition coefficient (Wildman–Crippen LogP) is 5.21. The number of pyridine rings is 1. The lowest BCUT2D eigenvalue weighted by atomic mass is 9.99. The Kier molecular flexibility index (Phi) is 7.15. The van der Waals surface area contributed by atoms with E-state index in [4.69, 9.17) is 39.8 Å². The highest BCUT2D eigenvalue weighted by Gasteiger charge is 2.19. The van der Waals surface area contributed by atoms with Gasteiger partial charge in [-0.3, -0.25) is 4.90 Å². The molecule has 4 nitrogen and oxygen atoms in total. The van der Waals surface area contributed by atoms with Crippen LogP contribution < -0.4 is 0 Å². The van der Waals surface area contributed by atoms with Crippen molar-refractivity contribution in [2.45, 2.75) is 13.0 Å². The molecule has 0 aliphatic carbocycles. The quantitative estimate of drug-likeness (QED) is 0.530. The molecule has 3 rings (SSSR count). The SMILES string of the molecule is CCN(CCO)CC(O)c1cc(-c2ccc(Cl)cc2)nc2c(Cl)cc(Cl)cc12. The Bertz CT molecular complexity index is 964. The summed E-state index contributed by atoms with van der Waals surface area (Å²) < 4.78 is 0. The Hall–Kier alpha value is -1.40. The van der Waals surface area contributed by atoms with Gasteiger partial charge in [-0.2, -0.15) is 0 Å². The van der Waals surface area contributed by atoms with Crippen molar-refractivity contribution >= 4 is 45.7 Å². The Morgan fingerprint density at radius 1 is 1.04 bits per heavy atom. The third-order valence-electron chi connectivity index (χ3n) is 4.66. The maximum absolute atomic E-state index is 11.0. The summed E-state index contributed by atoms with van der Waals surface area (Å²) in [6, 6.07) is 12.6. The number of fused-ring (bicyclic) bond motifs is 1. The number of halogens is 3. The standard InChI is InChI=1S/C21H21Cl3N2O2/c1-2-26(7-8-27)12-20(28)16-11-19(13-3-5-14(22)6-4-13)25-21-17(16)9-15(23)10-18(21)24/h3-6,9-11,20,27-28H,2,7-8,12H2,1H3. The molecule has 148 valence electrons. The van der Waals surface area contributed by atoms with Gasteiger partial charge in [-0.15, -0.1) is 0 Å². The fourth-order valence-electron chi connectivity index (χ4n) is 3.18. The van der Waals surface area contributed by atoms with Crippen molar-refractivity contribution < 1.29 is 10.2 Å². The lowest BCUT2D eigenvalue weighted by Crippen LogP contribution is -2.31. The van der Waals surface area contributed by atoms with Gasteiger partial charge in [0, 0.05) is 34.1 Å². The minimum Gasteiger partial charge on any atom is -0.395 e. The molecule has 1 aromatic heterocycles. The molecule has 0 amide bonds. The zero-order valence-electron chi connectivity index (χ0n) is 15.4. The molecule has 28 heavy (non-hydrogen) atoms. The lowest BCUT2D eigenvalue weighted by molar-refractivity contribution is 0.104. The summed E-state index contributed by atoms with van der Waals surface area (Å²) in [5.74, 6) is 0. The van der Waals surface area contributed by atoms with Crippen molar-refractivity contribution in [3.05, 3.63) is 63.1 Å². The van der Waals surface area contributed by atoms with E-state index >= 15 is 0 Å². The number of hydrogen-bond acceptors (Lipinski definition) is 4. The van der Waals surface area contributed by atoms with Crippen LogP contribution in [0.4, 0.5) is 0 Å². The summed E-state index contributed by atoms with van der Waals surface area (Å²) in [5.41, 5.74) is 2.83. The van der Waals surface area contributed by atoms with Crippen LogP contribution in [0, 0.1) is 0 Å². The second-order valence-corrected chi connectivity index (χ2v) is 7.80. The van der Waals surface area contributed by atoms with E-state index in [-0.39, 0.29) is 6.61 Å². The van der Waals surface area contributed by atoms with Crippen molar-refractivity contribution in [1.29, 1.82) is 0 Å². The predicted molar refractivity (Wildman–Crippen MR) is 116 cm³/mol. The van der Waals surface area contributed by atoms with Crippen LogP contribution >= 0.6 is 34.8 Å². The second kappa shape index (κ2) is 9.40. The molecule has 0 spiro atoms. The summed E-state index contributed by atoms with van der Waals surface area (Å²) in [6.07, 6.45) is -0.794. The number of aliphatic hydroxyl groups excluding tert-OH is 2. The van der Waals surface area contributed by atoms with E-state index in [1.165, 1.54) is 0 Å². The number of nitrogens with zero attached hydrogens (tertiary/aromatic N) is 2. The first-order chi connectivity index (χ1) is 13.4. The molecule has 0 bridgehead atoms. The van der Waals surface area contributed by atoms with Crippen molar-refractivity contribution in [1.82, 2.24) is 9.88 Å². The third-order valence-corrected chi connectivity index (χ3v) is 5.42. The first-order valence-corrected chi connectivity index (χ1v) is 10.1. The molecule has 0 saturated heterocycles. The number of likely N-dealkylation sites (N-methyl/N-ethyl adjacent to an activating group) is 1. The van der Waals surface area contributed by atoms with Gasteiger partial charge in [0.05, 0.1) is 28.9 Å². The second-order valence-electron chi connectivity index (χ2n) is 6.52. The molecule has 0 fully saturated rings. The highest BCUT2D eigenvalue weighted by molar-refractivity contribution is 6.38. The van der Waals surface area contributed by atoms with E-state index in [1.54, 1.807) is 24.3 Å². The fourth-order valence-corrected chi connectivity index (χ4v) is 3.85. The van der Waals surface area contributed by atoms with Crippen LogP contribution in [-0.2, 0) is 0 Å². The van der Waals surface area contributed by atoms with Gasteiger partial charge in [-0.1, -0.05) is 53.9 Å². The summed E-state index contributed by atoms with van der Waals surface area (Å²) in [4.78, 5) is 6.67. The maximum Gasteiger partial charge on any atom is 0.0924 e. The van der Waals surface area contributed by atoms with E-state index in [0.717, 1.165) is 5.56 Å². The van der Waals surface area contributed by atoms with Crippen molar-refractivity contribution in [2.75, 3.05) is 26.2 Å². The molecule has 2 aromatic carbocycles. The number of hydrogen-bond donors (Lipinski definition) is 2. The van der Waals surface area contributed by atoms with Gasteiger partial charge in [0.15, 0.2) is 0 Å². The van der Waals surface area contributed by atoms with E-state index in [9.17, 15) is 10.2 Å². The van der Waals surface area contributed by atoms with Crippen LogP contribution in [0.3, 0.4) is 0 Å². The zero-order valence-corrected chi connectivity index (χ0v) is 17.6. The van der Waals surface area contributed by atoms with Crippen LogP contribution in [-0.4, -0.2) is 46.3 Å². The van der Waals surface area contributed by atoms with Gasteiger partial charge >= 0.3 is 0 Å². The number of rotatable bonds is 7. The lowest BCUT2D eigenvalue weighted by Gasteiger charge is -2.24. The van der Waals surface area contributed by atoms with Gasteiger partial charge in [0.25, 0.3) is 0 Å². The molecule has 0 radical (unpaired) electrons. The molecule has 2 N–H and O–H groups in total. The van der Waals surface area contributed by atoms with Gasteiger partial charge in [0.2, 0.25) is 0 Å². The van der Waals surface area contributed by atoms with Gasteiger partial charge in [-0.05, 0) is 42.4 Å². The largest absolute Gasteiger partial charge is 0.395 e. The van der Waals surface area contributed by atoms with Crippen LogP contribution in [0.2, 0.25) is 15.1 Å². The molecule has 0 aliphatic heterocycles. The minimum atomic E-state index is -0.794. The summed E-state index contributed by atoms with van der Waals surface area (Å²) in [5, 5.41) is 22.5. The molecule has 1 unspecified atom stereocenters. The van der Waals surface area contributed by atoms with E-state index in [2.05, 4.69) is 0 Å². The third kappa shape index (κ3) is 4.77. The van der Waals surface area contributed by atoms with Gasteiger partial charge in [-0.25, -0.2) is 4.98 Å². The summed E-state index contributed by atoms with van der Waals surface area (Å²) >= 11 is 18.6. The van der Waals surface area contributed by atoms with Crippen molar-refractivity contribution in [3.8, 4) is 11.3 Å². The monoisotopic (exact) mass is 438 g/mol. The number of aromatic nitrogens is 1. The molecule has 1 atom stereocenters. The fraction of sp³-hybridized carbons (Fsp3) is 0.286. The van der Waals surface area contributed by atoms with Gasteiger partial charge < -0.3 is 10.2 Å². The Labute approximate surface area is 179 Å². The average Bonchev–Trinajstić information content (AvgIpc) is 2.67. The first kappa shape index (κ1) is 21.3. The molecule has 1 heterocycles. The van der Waals surface area contributed by atoms with Crippen LogP contribution in [0.25, 0.3) is 22.2 Å². The zero-order chi connectivity index (χ0) is 20.3. The first-order valence-electron chi connectivity index (χ1n) is 8.99. The van der Waals surface area contributed by atoms with Crippen LogP contribution in [0.15, 0.2) is 42.5 Å². The molecule has 7 heteroatoms. The average molecular weight is 440 g/mol. The van der Waals surface area contributed by atoms with E-state index in [0.29, 0.717) is 56.9 Å². The summed E-state index contributed by atoms with van der Waals surface area (Å²) in [6.45, 7) is 3.60.